The molecular formula is C12H20F3NO. The van der Waals surface area contributed by atoms with E-state index >= 15 is 0 Å². The third-order valence-electron chi connectivity index (χ3n) is 3.84. The molecule has 1 heterocycles. The first-order valence-corrected chi connectivity index (χ1v) is 6.34. The largest absolute Gasteiger partial charge is 0.389 e. The molecule has 2 rings (SSSR count). The fourth-order valence-corrected chi connectivity index (χ4v) is 2.92. The van der Waals surface area contributed by atoms with Gasteiger partial charge in [0.25, 0.3) is 0 Å². The lowest BCUT2D eigenvalue weighted by Gasteiger charge is -2.23. The van der Waals surface area contributed by atoms with Crippen molar-refractivity contribution in [1.82, 2.24) is 4.90 Å². The van der Waals surface area contributed by atoms with Gasteiger partial charge in [0.15, 0.2) is 0 Å². The van der Waals surface area contributed by atoms with Gasteiger partial charge >= 0.3 is 6.18 Å². The quantitative estimate of drug-likeness (QED) is 0.830. The van der Waals surface area contributed by atoms with Gasteiger partial charge in [-0.05, 0) is 39.0 Å². The van der Waals surface area contributed by atoms with Gasteiger partial charge in [0, 0.05) is 25.0 Å². The summed E-state index contributed by atoms with van der Waals surface area (Å²) in [5, 5.41) is 10.3. The van der Waals surface area contributed by atoms with E-state index in [1.807, 2.05) is 0 Å². The molecule has 0 bridgehead atoms. The van der Waals surface area contributed by atoms with Gasteiger partial charge in [0.05, 0.1) is 5.60 Å². The first-order valence-electron chi connectivity index (χ1n) is 6.34. The van der Waals surface area contributed by atoms with Crippen LogP contribution in [0.25, 0.3) is 0 Å². The number of hydrogen-bond acceptors (Lipinski definition) is 2. The van der Waals surface area contributed by atoms with E-state index in [4.69, 9.17) is 0 Å². The van der Waals surface area contributed by atoms with E-state index in [9.17, 15) is 18.3 Å². The summed E-state index contributed by atoms with van der Waals surface area (Å²) >= 11 is 0. The van der Waals surface area contributed by atoms with Gasteiger partial charge in [0.2, 0.25) is 0 Å². The summed E-state index contributed by atoms with van der Waals surface area (Å²) in [5.41, 5.74) is -0.896. The maximum Gasteiger partial charge on any atom is 0.389 e. The van der Waals surface area contributed by atoms with E-state index in [1.54, 1.807) is 0 Å². The number of aliphatic hydroxyl groups is 1. The summed E-state index contributed by atoms with van der Waals surface area (Å²) < 4.78 is 36.2. The van der Waals surface area contributed by atoms with E-state index in [2.05, 4.69) is 11.8 Å². The summed E-state index contributed by atoms with van der Waals surface area (Å²) in [6.07, 6.45) is -1.64. The zero-order valence-electron chi connectivity index (χ0n) is 10.1. The molecule has 0 amide bonds. The maximum absolute atomic E-state index is 12.1. The molecule has 2 nitrogen and oxygen atoms in total. The SMILES string of the molecule is CC1CC(O)(CCCC(F)(F)F)CN1C1CC1. The average molecular weight is 251 g/mol. The van der Waals surface area contributed by atoms with Gasteiger partial charge in [-0.3, -0.25) is 4.90 Å². The highest BCUT2D eigenvalue weighted by molar-refractivity contribution is 5.00. The maximum atomic E-state index is 12.1. The number of β-amino-alcohol motifs (C(OH)–C–C–N with tert-alkyl or cyclic N) is 1. The molecule has 100 valence electrons. The summed E-state index contributed by atoms with van der Waals surface area (Å²) in [6.45, 7) is 2.61. The molecule has 2 aliphatic rings. The molecule has 1 aliphatic heterocycles. The minimum Gasteiger partial charge on any atom is -0.388 e. The Labute approximate surface area is 99.8 Å². The van der Waals surface area contributed by atoms with Crippen molar-refractivity contribution in [3.05, 3.63) is 0 Å². The molecule has 0 aromatic heterocycles. The Morgan fingerprint density at radius 2 is 2.00 bits per heavy atom. The summed E-state index contributed by atoms with van der Waals surface area (Å²) in [7, 11) is 0. The molecule has 2 atom stereocenters. The Kier molecular flexibility index (Phi) is 3.42. The number of likely N-dealkylation sites (tertiary alicyclic amines) is 1. The Balaban J connectivity index is 1.79. The fourth-order valence-electron chi connectivity index (χ4n) is 2.92. The number of halogens is 3. The highest BCUT2D eigenvalue weighted by atomic mass is 19.4. The van der Waals surface area contributed by atoms with Crippen LogP contribution in [0.5, 0.6) is 0 Å². The second-order valence-corrected chi connectivity index (χ2v) is 5.65. The van der Waals surface area contributed by atoms with Gasteiger partial charge in [-0.1, -0.05) is 0 Å². The summed E-state index contributed by atoms with van der Waals surface area (Å²) in [5.74, 6) is 0. The molecule has 1 saturated carbocycles. The van der Waals surface area contributed by atoms with Crippen LogP contribution >= 0.6 is 0 Å². The zero-order chi connectivity index (χ0) is 12.7. The fraction of sp³-hybridized carbons (Fsp3) is 1.00. The summed E-state index contributed by atoms with van der Waals surface area (Å²) in [4.78, 5) is 2.26. The molecule has 0 radical (unpaired) electrons. The van der Waals surface area contributed by atoms with Crippen LogP contribution in [-0.2, 0) is 0 Å². The zero-order valence-corrected chi connectivity index (χ0v) is 10.1. The van der Waals surface area contributed by atoms with Crippen molar-refractivity contribution in [2.45, 2.75) is 69.3 Å². The third-order valence-corrected chi connectivity index (χ3v) is 3.84. The van der Waals surface area contributed by atoms with E-state index in [1.165, 1.54) is 12.8 Å². The Morgan fingerprint density at radius 3 is 2.53 bits per heavy atom. The second kappa shape index (κ2) is 4.43. The van der Waals surface area contributed by atoms with Crippen LogP contribution in [0.2, 0.25) is 0 Å². The van der Waals surface area contributed by atoms with Gasteiger partial charge in [0.1, 0.15) is 0 Å². The number of hydrogen-bond donors (Lipinski definition) is 1. The minimum absolute atomic E-state index is 0.0330. The number of rotatable bonds is 4. The lowest BCUT2D eigenvalue weighted by atomic mass is 9.94. The molecule has 0 spiro atoms. The molecule has 2 fully saturated rings. The predicted molar refractivity (Wildman–Crippen MR) is 58.7 cm³/mol. The molecule has 1 saturated heterocycles. The highest BCUT2D eigenvalue weighted by Gasteiger charge is 2.45. The van der Waals surface area contributed by atoms with Gasteiger partial charge in [-0.2, -0.15) is 13.2 Å². The third kappa shape index (κ3) is 3.58. The molecule has 2 unspecified atom stereocenters. The molecule has 1 aliphatic carbocycles. The minimum atomic E-state index is -4.10. The van der Waals surface area contributed by atoms with Gasteiger partial charge in [-0.25, -0.2) is 0 Å². The van der Waals surface area contributed by atoms with Crippen molar-refractivity contribution < 1.29 is 18.3 Å². The molecule has 0 aromatic carbocycles. The van der Waals surface area contributed by atoms with E-state index in [0.717, 1.165) is 0 Å². The van der Waals surface area contributed by atoms with E-state index in [-0.39, 0.29) is 12.8 Å². The molecule has 17 heavy (non-hydrogen) atoms. The number of nitrogens with zero attached hydrogens (tertiary/aromatic N) is 1. The Bertz CT molecular complexity index is 277. The van der Waals surface area contributed by atoms with Crippen LogP contribution in [0.15, 0.2) is 0 Å². The van der Waals surface area contributed by atoms with Gasteiger partial charge in [-0.15, -0.1) is 0 Å². The van der Waals surface area contributed by atoms with Crippen LogP contribution in [0, 0.1) is 0 Å². The van der Waals surface area contributed by atoms with E-state index < -0.39 is 18.2 Å². The first kappa shape index (κ1) is 13.1. The predicted octanol–water partition coefficient (Wildman–Crippen LogP) is 2.71. The van der Waals surface area contributed by atoms with Gasteiger partial charge < -0.3 is 5.11 Å². The molecule has 0 aromatic rings. The van der Waals surface area contributed by atoms with Crippen LogP contribution in [-0.4, -0.2) is 40.4 Å². The monoisotopic (exact) mass is 251 g/mol. The van der Waals surface area contributed by atoms with Crippen molar-refractivity contribution in [1.29, 1.82) is 0 Å². The Hall–Kier alpha value is -0.290. The normalized spacial score (nSPS) is 35.5. The van der Waals surface area contributed by atoms with Crippen molar-refractivity contribution in [2.75, 3.05) is 6.54 Å². The topological polar surface area (TPSA) is 23.5 Å². The molecule has 1 N–H and O–H groups in total. The highest BCUT2D eigenvalue weighted by Crippen LogP contribution is 2.39. The van der Waals surface area contributed by atoms with Crippen molar-refractivity contribution in [3.8, 4) is 0 Å². The van der Waals surface area contributed by atoms with Crippen LogP contribution in [0.1, 0.15) is 45.4 Å². The van der Waals surface area contributed by atoms with E-state index in [0.29, 0.717) is 25.0 Å². The van der Waals surface area contributed by atoms with Crippen molar-refractivity contribution >= 4 is 0 Å². The summed E-state index contributed by atoms with van der Waals surface area (Å²) in [6, 6.07) is 0.875. The number of alkyl halides is 3. The second-order valence-electron chi connectivity index (χ2n) is 5.65. The van der Waals surface area contributed by atoms with Crippen LogP contribution in [0.3, 0.4) is 0 Å². The van der Waals surface area contributed by atoms with Crippen LogP contribution in [0.4, 0.5) is 13.2 Å². The molecule has 5 heteroatoms. The first-order chi connectivity index (χ1) is 7.79. The Morgan fingerprint density at radius 1 is 1.35 bits per heavy atom. The standard InChI is InChI=1S/C12H20F3NO/c1-9-7-11(17,5-2-6-12(13,14)15)8-16(9)10-3-4-10/h9-10,17H,2-8H2,1H3. The average Bonchev–Trinajstić information content (AvgIpc) is 2.91. The van der Waals surface area contributed by atoms with Crippen molar-refractivity contribution in [3.63, 3.8) is 0 Å². The molecular weight excluding hydrogens is 231 g/mol. The van der Waals surface area contributed by atoms with Crippen molar-refractivity contribution in [2.24, 2.45) is 0 Å². The van der Waals surface area contributed by atoms with Crippen LogP contribution < -0.4 is 0 Å². The lowest BCUT2D eigenvalue weighted by Crippen LogP contribution is -2.35. The lowest BCUT2D eigenvalue weighted by molar-refractivity contribution is -0.137. The smallest absolute Gasteiger partial charge is 0.388 e.